The molecule has 0 saturated carbocycles. The fourth-order valence-electron chi connectivity index (χ4n) is 1.88. The Labute approximate surface area is 141 Å². The number of aromatic nitrogens is 1. The topological polar surface area (TPSA) is 62.9 Å². The van der Waals surface area contributed by atoms with Crippen LogP contribution in [0, 0.1) is 0 Å². The summed E-state index contributed by atoms with van der Waals surface area (Å²) in [4.78, 5) is 6.54. The second-order valence-corrected chi connectivity index (χ2v) is 5.32. The summed E-state index contributed by atoms with van der Waals surface area (Å²) in [6.45, 7) is 4.55. The summed E-state index contributed by atoms with van der Waals surface area (Å²) in [6, 6.07) is 9.13. The number of likely N-dealkylation sites (N-methyl/N-ethyl adjacent to an activating group) is 1. The fourth-order valence-corrected chi connectivity index (χ4v) is 2.01. The van der Waals surface area contributed by atoms with Crippen LogP contribution in [0.2, 0.25) is 5.02 Å². The Hall–Kier alpha value is -2.21. The predicted octanol–water partition coefficient (Wildman–Crippen LogP) is 2.80. The molecule has 0 aliphatic heterocycles. The minimum atomic E-state index is 0.473. The van der Waals surface area contributed by atoms with Gasteiger partial charge in [0.15, 0.2) is 5.96 Å². The summed E-state index contributed by atoms with van der Waals surface area (Å²) in [5.74, 6) is 1.60. The van der Waals surface area contributed by atoms with Gasteiger partial charge < -0.3 is 19.5 Å². The van der Waals surface area contributed by atoms with Crippen molar-refractivity contribution in [1.82, 2.24) is 15.4 Å². The molecule has 2 rings (SSSR count). The van der Waals surface area contributed by atoms with E-state index in [2.05, 4.69) is 15.5 Å². The van der Waals surface area contributed by atoms with Crippen LogP contribution in [0.4, 0.5) is 0 Å². The van der Waals surface area contributed by atoms with Crippen molar-refractivity contribution in [2.24, 2.45) is 4.99 Å². The van der Waals surface area contributed by atoms with E-state index in [1.54, 1.807) is 12.3 Å². The molecule has 124 valence electrons. The number of guanidine groups is 1. The highest BCUT2D eigenvalue weighted by molar-refractivity contribution is 6.30. The molecular weight excluding hydrogens is 316 g/mol. The maximum Gasteiger partial charge on any atom is 0.194 e. The average molecular weight is 337 g/mol. The maximum atomic E-state index is 5.85. The molecule has 1 aromatic heterocycles. The van der Waals surface area contributed by atoms with E-state index in [1.165, 1.54) is 0 Å². The van der Waals surface area contributed by atoms with Gasteiger partial charge in [-0.15, -0.1) is 0 Å². The molecule has 1 aromatic carbocycles. The third-order valence-corrected chi connectivity index (χ3v) is 3.34. The van der Waals surface area contributed by atoms with E-state index >= 15 is 0 Å². The highest BCUT2D eigenvalue weighted by atomic mass is 35.5. The lowest BCUT2D eigenvalue weighted by molar-refractivity contribution is 0.281. The number of nitrogens with zero attached hydrogens (tertiary/aromatic N) is 3. The second-order valence-electron chi connectivity index (χ2n) is 4.88. The molecule has 0 radical (unpaired) electrons. The van der Waals surface area contributed by atoms with Gasteiger partial charge in [-0.2, -0.15) is 0 Å². The van der Waals surface area contributed by atoms with Crippen LogP contribution in [0.1, 0.15) is 12.6 Å². The molecule has 2 aromatic rings. The lowest BCUT2D eigenvalue weighted by Gasteiger charge is -2.22. The first kappa shape index (κ1) is 17.1. The highest BCUT2D eigenvalue weighted by Crippen LogP contribution is 2.15. The Bertz CT molecular complexity index is 599. The monoisotopic (exact) mass is 336 g/mol. The molecule has 0 spiro atoms. The summed E-state index contributed by atoms with van der Waals surface area (Å²) in [6.07, 6.45) is 1.54. The summed E-state index contributed by atoms with van der Waals surface area (Å²) in [5, 5.41) is 7.80. The molecule has 0 amide bonds. The van der Waals surface area contributed by atoms with E-state index in [9.17, 15) is 0 Å². The van der Waals surface area contributed by atoms with Crippen molar-refractivity contribution >= 4 is 17.6 Å². The van der Waals surface area contributed by atoms with Crippen LogP contribution >= 0.6 is 11.6 Å². The van der Waals surface area contributed by atoms with Crippen molar-refractivity contribution in [3.8, 4) is 5.75 Å². The zero-order valence-electron chi connectivity index (χ0n) is 13.3. The third-order valence-electron chi connectivity index (χ3n) is 3.09. The first-order valence-electron chi connectivity index (χ1n) is 7.46. The molecule has 0 atom stereocenters. The van der Waals surface area contributed by atoms with Crippen molar-refractivity contribution < 1.29 is 9.26 Å². The van der Waals surface area contributed by atoms with Crippen LogP contribution < -0.4 is 10.1 Å². The highest BCUT2D eigenvalue weighted by Gasteiger charge is 2.06. The normalized spacial score (nSPS) is 11.3. The number of halogens is 1. The van der Waals surface area contributed by atoms with Gasteiger partial charge in [-0.1, -0.05) is 16.8 Å². The summed E-state index contributed by atoms with van der Waals surface area (Å²) in [7, 11) is 1.97. The molecule has 23 heavy (non-hydrogen) atoms. The Morgan fingerprint density at radius 2 is 2.13 bits per heavy atom. The number of benzene rings is 1. The van der Waals surface area contributed by atoms with Gasteiger partial charge in [0.1, 0.15) is 24.3 Å². The zero-order valence-corrected chi connectivity index (χ0v) is 14.1. The van der Waals surface area contributed by atoms with Crippen LogP contribution in [0.3, 0.4) is 0 Å². The summed E-state index contributed by atoms with van der Waals surface area (Å²) < 4.78 is 10.5. The summed E-state index contributed by atoms with van der Waals surface area (Å²) in [5.41, 5.74) is 0.797. The Kier molecular flexibility index (Phi) is 6.75. The van der Waals surface area contributed by atoms with Crippen LogP contribution in [0.25, 0.3) is 0 Å². The molecule has 0 saturated heterocycles. The number of aliphatic imine (C=N–C) groups is 1. The van der Waals surface area contributed by atoms with E-state index in [0.29, 0.717) is 24.7 Å². The molecule has 6 nitrogen and oxygen atoms in total. The number of nitrogens with one attached hydrogen (secondary N) is 1. The molecule has 7 heteroatoms. The fraction of sp³-hybridized carbons (Fsp3) is 0.375. The van der Waals surface area contributed by atoms with Gasteiger partial charge in [-0.3, -0.25) is 0 Å². The SMILES string of the molecule is CCNC(=NCc1ccon1)N(C)CCOc1ccc(Cl)cc1. The molecule has 0 aliphatic rings. The van der Waals surface area contributed by atoms with Crippen LogP contribution in [0.5, 0.6) is 5.75 Å². The molecular formula is C16H21ClN4O2. The van der Waals surface area contributed by atoms with Crippen LogP contribution in [0.15, 0.2) is 46.1 Å². The molecule has 1 heterocycles. The molecule has 1 N–H and O–H groups in total. The van der Waals surface area contributed by atoms with E-state index in [4.69, 9.17) is 20.9 Å². The van der Waals surface area contributed by atoms with E-state index in [0.717, 1.165) is 23.9 Å². The lowest BCUT2D eigenvalue weighted by atomic mass is 10.3. The van der Waals surface area contributed by atoms with Gasteiger partial charge in [0.2, 0.25) is 0 Å². The van der Waals surface area contributed by atoms with Gasteiger partial charge in [0, 0.05) is 24.7 Å². The number of hydrogen-bond donors (Lipinski definition) is 1. The van der Waals surface area contributed by atoms with Crippen molar-refractivity contribution in [3.63, 3.8) is 0 Å². The minimum Gasteiger partial charge on any atom is -0.492 e. The minimum absolute atomic E-state index is 0.473. The standard InChI is InChI=1S/C16H21ClN4O2/c1-3-18-16(19-12-14-8-10-23-20-14)21(2)9-11-22-15-6-4-13(17)5-7-15/h4-8,10H,3,9,11-12H2,1-2H3,(H,18,19). The predicted molar refractivity (Wildman–Crippen MR) is 90.9 cm³/mol. The van der Waals surface area contributed by atoms with Gasteiger partial charge in [-0.25, -0.2) is 4.99 Å². The zero-order chi connectivity index (χ0) is 16.5. The van der Waals surface area contributed by atoms with Crippen molar-refractivity contribution in [3.05, 3.63) is 47.3 Å². The lowest BCUT2D eigenvalue weighted by Crippen LogP contribution is -2.40. The van der Waals surface area contributed by atoms with Gasteiger partial charge >= 0.3 is 0 Å². The Morgan fingerprint density at radius 3 is 2.78 bits per heavy atom. The molecule has 0 aliphatic carbocycles. The maximum absolute atomic E-state index is 5.85. The number of ether oxygens (including phenoxy) is 1. The number of hydrogen-bond acceptors (Lipinski definition) is 4. The quantitative estimate of drug-likeness (QED) is 0.622. The summed E-state index contributed by atoms with van der Waals surface area (Å²) >= 11 is 5.85. The largest absolute Gasteiger partial charge is 0.492 e. The second kappa shape index (κ2) is 9.05. The van der Waals surface area contributed by atoms with Crippen molar-refractivity contribution in [2.45, 2.75) is 13.5 Å². The van der Waals surface area contributed by atoms with Gasteiger partial charge in [0.25, 0.3) is 0 Å². The molecule has 0 unspecified atom stereocenters. The molecule has 0 fully saturated rings. The Morgan fingerprint density at radius 1 is 1.35 bits per heavy atom. The Balaban J connectivity index is 1.83. The number of rotatable bonds is 7. The third kappa shape index (κ3) is 5.83. The molecule has 0 bridgehead atoms. The van der Waals surface area contributed by atoms with E-state index < -0.39 is 0 Å². The van der Waals surface area contributed by atoms with Crippen molar-refractivity contribution in [2.75, 3.05) is 26.7 Å². The first-order valence-corrected chi connectivity index (χ1v) is 7.84. The van der Waals surface area contributed by atoms with Gasteiger partial charge in [0.05, 0.1) is 13.1 Å². The van der Waals surface area contributed by atoms with Gasteiger partial charge in [-0.05, 0) is 31.2 Å². The van der Waals surface area contributed by atoms with Crippen LogP contribution in [-0.2, 0) is 6.54 Å². The van der Waals surface area contributed by atoms with E-state index in [-0.39, 0.29) is 0 Å². The van der Waals surface area contributed by atoms with Crippen LogP contribution in [-0.4, -0.2) is 42.8 Å². The van der Waals surface area contributed by atoms with E-state index in [1.807, 2.05) is 43.1 Å². The first-order chi connectivity index (χ1) is 11.2. The van der Waals surface area contributed by atoms with Crippen molar-refractivity contribution in [1.29, 1.82) is 0 Å². The smallest absolute Gasteiger partial charge is 0.194 e. The average Bonchev–Trinajstić information content (AvgIpc) is 3.06.